The number of allylic oxidation sites excluding steroid dienone is 17. The van der Waals surface area contributed by atoms with Crippen LogP contribution in [0.1, 0.15) is 252 Å². The number of likely N-dealkylation sites (N-methyl/N-ethyl adjacent to an activating group) is 1. The Labute approximate surface area is 474 Å². The topological polar surface area (TPSA) is 114 Å². The molecular formula is C67H117N2O7P. The molecule has 3 atom stereocenters. The molecule has 0 aromatic rings. The predicted molar refractivity (Wildman–Crippen MR) is 330 cm³/mol. The Morgan fingerprint density at radius 1 is 0.481 bits per heavy atom. The first-order valence-corrected chi connectivity index (χ1v) is 32.7. The molecule has 0 fully saturated rings. The number of hydrogen-bond acceptors (Lipinski definition) is 7. The lowest BCUT2D eigenvalue weighted by molar-refractivity contribution is -0.870. The molecule has 3 unspecified atom stereocenters. The normalized spacial score (nSPS) is 14.4. The minimum Gasteiger partial charge on any atom is -0.756 e. The van der Waals surface area contributed by atoms with Crippen molar-refractivity contribution in [3.63, 3.8) is 0 Å². The number of phosphoric acid groups is 1. The second kappa shape index (κ2) is 56.0. The van der Waals surface area contributed by atoms with Crippen LogP contribution in [0.2, 0.25) is 0 Å². The van der Waals surface area contributed by atoms with E-state index in [4.69, 9.17) is 13.8 Å². The van der Waals surface area contributed by atoms with Crippen LogP contribution in [-0.4, -0.2) is 69.4 Å². The minimum atomic E-state index is -4.71. The Balaban J connectivity index is 5.21. The lowest BCUT2D eigenvalue weighted by atomic mass is 10.1. The summed E-state index contributed by atoms with van der Waals surface area (Å²) < 4.78 is 30.3. The molecule has 0 saturated carbocycles. The summed E-state index contributed by atoms with van der Waals surface area (Å²) in [5, 5.41) is 3.01. The van der Waals surface area contributed by atoms with Crippen molar-refractivity contribution in [2.45, 2.75) is 264 Å². The van der Waals surface area contributed by atoms with E-state index in [1.165, 1.54) is 64.2 Å². The fraction of sp³-hybridized carbons (Fsp3) is 0.701. The van der Waals surface area contributed by atoms with Gasteiger partial charge in [0.05, 0.1) is 33.8 Å². The third kappa shape index (κ3) is 57.2. The molecule has 0 aliphatic rings. The number of carbonyl (C=O) groups excluding carboxylic acids is 2. The zero-order chi connectivity index (χ0) is 56.4. The van der Waals surface area contributed by atoms with E-state index in [0.717, 1.165) is 148 Å². The first-order chi connectivity index (χ1) is 37.4. The Morgan fingerprint density at radius 3 is 1.35 bits per heavy atom. The van der Waals surface area contributed by atoms with E-state index in [1.807, 2.05) is 33.3 Å². The van der Waals surface area contributed by atoms with Crippen LogP contribution < -0.4 is 10.2 Å². The molecule has 10 heteroatoms. The molecule has 1 N–H and O–H groups in total. The number of nitrogens with zero attached hydrogens (tertiary/aromatic N) is 1. The largest absolute Gasteiger partial charge is 0.756 e. The maximum atomic E-state index is 13.5. The number of carbonyl (C=O) groups is 2. The Bertz CT molecular complexity index is 1690. The Morgan fingerprint density at radius 2 is 0.870 bits per heavy atom. The summed E-state index contributed by atoms with van der Waals surface area (Å²) in [5.41, 5.74) is 0. The fourth-order valence-corrected chi connectivity index (χ4v) is 9.12. The third-order valence-electron chi connectivity index (χ3n) is 13.2. The number of rotatable bonds is 55. The van der Waals surface area contributed by atoms with Gasteiger partial charge in [0.2, 0.25) is 5.91 Å². The Hall–Kier alpha value is -3.33. The van der Waals surface area contributed by atoms with Crippen LogP contribution in [0.3, 0.4) is 0 Å². The average molecular weight is 1090 g/mol. The molecule has 77 heavy (non-hydrogen) atoms. The van der Waals surface area contributed by atoms with Gasteiger partial charge in [0.25, 0.3) is 7.82 Å². The molecule has 9 nitrogen and oxygen atoms in total. The van der Waals surface area contributed by atoms with E-state index < -0.39 is 26.6 Å². The molecule has 0 saturated heterocycles. The number of amides is 1. The van der Waals surface area contributed by atoms with Crippen molar-refractivity contribution in [1.29, 1.82) is 0 Å². The van der Waals surface area contributed by atoms with Crippen molar-refractivity contribution in [2.75, 3.05) is 40.9 Å². The van der Waals surface area contributed by atoms with Crippen LogP contribution in [0.4, 0.5) is 0 Å². The van der Waals surface area contributed by atoms with Crippen LogP contribution in [0.25, 0.3) is 0 Å². The minimum absolute atomic E-state index is 0.0327. The first-order valence-electron chi connectivity index (χ1n) is 31.2. The van der Waals surface area contributed by atoms with Crippen molar-refractivity contribution in [2.24, 2.45) is 0 Å². The summed E-state index contributed by atoms with van der Waals surface area (Å²) in [4.78, 5) is 40.0. The molecule has 0 aliphatic carbocycles. The highest BCUT2D eigenvalue weighted by Crippen LogP contribution is 2.38. The van der Waals surface area contributed by atoms with Crippen molar-refractivity contribution in [3.05, 3.63) is 109 Å². The summed E-state index contributed by atoms with van der Waals surface area (Å²) in [6.45, 7) is 6.66. The summed E-state index contributed by atoms with van der Waals surface area (Å²) in [6.07, 6.45) is 76.2. The second-order valence-electron chi connectivity index (χ2n) is 21.9. The van der Waals surface area contributed by atoms with Gasteiger partial charge in [0, 0.05) is 12.8 Å². The average Bonchev–Trinajstić information content (AvgIpc) is 3.39. The van der Waals surface area contributed by atoms with E-state index in [-0.39, 0.29) is 24.9 Å². The van der Waals surface area contributed by atoms with Crippen molar-refractivity contribution < 1.29 is 37.3 Å². The summed E-state index contributed by atoms with van der Waals surface area (Å²) >= 11 is 0. The highest BCUT2D eigenvalue weighted by Gasteiger charge is 2.27. The SMILES string of the molecule is CC/C=C\C/C=C\C/C=C\C/C=C\C/C=C\C/C=C\CCCCCCCCC(=O)OC(/C=C\CCCCCCCCCCC)C(COP(=O)([O-])OCC[N+](C)(C)C)NC(=O)CCCCCCCC/C=C/C=C/CCCCC. The maximum Gasteiger partial charge on any atom is 0.306 e. The molecule has 0 heterocycles. The molecule has 0 aromatic heterocycles. The van der Waals surface area contributed by atoms with Gasteiger partial charge in [0.15, 0.2) is 0 Å². The van der Waals surface area contributed by atoms with Crippen LogP contribution in [0.15, 0.2) is 109 Å². The highest BCUT2D eigenvalue weighted by atomic mass is 31.2. The highest BCUT2D eigenvalue weighted by molar-refractivity contribution is 7.45. The summed E-state index contributed by atoms with van der Waals surface area (Å²) in [5.74, 6) is -0.578. The van der Waals surface area contributed by atoms with Gasteiger partial charge in [-0.2, -0.15) is 0 Å². The molecule has 442 valence electrons. The van der Waals surface area contributed by atoms with Crippen LogP contribution >= 0.6 is 7.82 Å². The molecule has 0 aliphatic heterocycles. The second-order valence-corrected chi connectivity index (χ2v) is 23.3. The van der Waals surface area contributed by atoms with Crippen molar-refractivity contribution in [1.82, 2.24) is 5.32 Å². The van der Waals surface area contributed by atoms with Gasteiger partial charge in [0.1, 0.15) is 19.3 Å². The Kier molecular flexibility index (Phi) is 53.5. The van der Waals surface area contributed by atoms with Crippen molar-refractivity contribution >= 4 is 19.7 Å². The van der Waals surface area contributed by atoms with Gasteiger partial charge in [-0.15, -0.1) is 0 Å². The van der Waals surface area contributed by atoms with E-state index in [0.29, 0.717) is 23.9 Å². The zero-order valence-electron chi connectivity index (χ0n) is 50.4. The predicted octanol–water partition coefficient (Wildman–Crippen LogP) is 18.7. The van der Waals surface area contributed by atoms with Gasteiger partial charge in [-0.25, -0.2) is 0 Å². The zero-order valence-corrected chi connectivity index (χ0v) is 51.3. The van der Waals surface area contributed by atoms with Gasteiger partial charge in [-0.05, 0) is 109 Å². The number of unbranched alkanes of at least 4 members (excludes halogenated alkanes) is 24. The van der Waals surface area contributed by atoms with E-state index in [1.54, 1.807) is 0 Å². The number of ether oxygens (including phenoxy) is 1. The molecular weight excluding hydrogens is 976 g/mol. The van der Waals surface area contributed by atoms with Crippen molar-refractivity contribution in [3.8, 4) is 0 Å². The number of nitrogens with one attached hydrogen (secondary N) is 1. The standard InChI is InChI=1S/C67H117N2O7P/c1-7-10-13-16-19-22-25-27-29-30-31-32-33-34-35-36-37-38-40-42-45-48-51-54-57-60-67(71)76-65(58-55-52-49-46-43-24-21-18-15-12-9-3)64(63-75-77(72,73)74-62-61-69(4,5)6)68-66(70)59-56-53-50-47-44-41-39-28-26-23-20-17-14-11-8-2/h10,13,19-20,22-23,26-29,31-32,34-35,37-38,55,58,64-65H,7-9,11-12,14-18,21,24-25,30,33,36,39-54,56-57,59-63H2,1-6H3,(H-,68,70,72,73)/b13-10-,22-19-,23-20+,28-26+,29-27-,32-31-,35-34-,38-37-,58-55-. The first kappa shape index (κ1) is 73.7. The summed E-state index contributed by atoms with van der Waals surface area (Å²) in [6, 6.07) is -0.907. The molecule has 1 amide bonds. The lowest BCUT2D eigenvalue weighted by Gasteiger charge is -2.30. The number of hydrogen-bond donors (Lipinski definition) is 1. The monoisotopic (exact) mass is 1090 g/mol. The molecule has 0 bridgehead atoms. The quantitative estimate of drug-likeness (QED) is 0.0161. The summed E-state index contributed by atoms with van der Waals surface area (Å²) in [7, 11) is 1.15. The van der Waals surface area contributed by atoms with E-state index in [2.05, 4.69) is 123 Å². The maximum absolute atomic E-state index is 13.5. The number of esters is 1. The molecule has 0 aromatic carbocycles. The fourth-order valence-electron chi connectivity index (χ4n) is 8.40. The van der Waals surface area contributed by atoms with Gasteiger partial charge >= 0.3 is 5.97 Å². The lowest BCUT2D eigenvalue weighted by Crippen LogP contribution is -2.47. The van der Waals surface area contributed by atoms with Gasteiger partial charge in [-0.1, -0.05) is 240 Å². The van der Waals surface area contributed by atoms with Crippen LogP contribution in [-0.2, 0) is 27.9 Å². The molecule has 0 radical (unpaired) electrons. The van der Waals surface area contributed by atoms with Gasteiger partial charge < -0.3 is 28.5 Å². The van der Waals surface area contributed by atoms with E-state index >= 15 is 0 Å². The number of quaternary nitrogens is 1. The molecule has 0 spiro atoms. The number of phosphoric ester groups is 1. The molecule has 0 rings (SSSR count). The van der Waals surface area contributed by atoms with Crippen LogP contribution in [0.5, 0.6) is 0 Å². The van der Waals surface area contributed by atoms with E-state index in [9.17, 15) is 19.0 Å². The third-order valence-corrected chi connectivity index (χ3v) is 14.2. The van der Waals surface area contributed by atoms with Crippen LogP contribution in [0, 0.1) is 0 Å². The van der Waals surface area contributed by atoms with Gasteiger partial charge in [-0.3, -0.25) is 14.2 Å². The smallest absolute Gasteiger partial charge is 0.306 e.